The minimum absolute atomic E-state index is 0.0135. The van der Waals surface area contributed by atoms with Crippen molar-refractivity contribution >= 4 is 11.9 Å². The summed E-state index contributed by atoms with van der Waals surface area (Å²) in [6.07, 6.45) is 95.9. The number of aliphatic hydroxyl groups excluding tert-OH is 2. The van der Waals surface area contributed by atoms with Gasteiger partial charge in [-0.1, -0.05) is 411 Å². The second-order valence-electron chi connectivity index (χ2n) is 27.8. The Morgan fingerprint density at radius 3 is 0.826 bits per heavy atom. The van der Waals surface area contributed by atoms with E-state index in [0.29, 0.717) is 25.9 Å². The Bertz CT molecular complexity index is 1300. The number of carbonyl (C=O) groups excluding carboxylic acids is 2. The smallest absolute Gasteiger partial charge is 0.305 e. The first-order valence-electron chi connectivity index (χ1n) is 39.9. The molecule has 0 fully saturated rings. The molecule has 0 aromatic heterocycles. The average molecular weight is 1210 g/mol. The van der Waals surface area contributed by atoms with E-state index in [1.165, 1.54) is 385 Å². The highest BCUT2D eigenvalue weighted by molar-refractivity contribution is 5.76. The molecule has 0 spiro atoms. The van der Waals surface area contributed by atoms with E-state index in [1.807, 2.05) is 0 Å². The summed E-state index contributed by atoms with van der Waals surface area (Å²) in [5.41, 5.74) is 0. The molecule has 2 atom stereocenters. The molecule has 0 aromatic carbocycles. The van der Waals surface area contributed by atoms with Crippen molar-refractivity contribution in [1.29, 1.82) is 0 Å². The fourth-order valence-electron chi connectivity index (χ4n) is 13.0. The van der Waals surface area contributed by atoms with Gasteiger partial charge in [-0.3, -0.25) is 9.59 Å². The van der Waals surface area contributed by atoms with Crippen molar-refractivity contribution in [2.75, 3.05) is 13.2 Å². The van der Waals surface area contributed by atoms with Crippen molar-refractivity contribution in [3.8, 4) is 0 Å². The number of nitrogens with one attached hydrogen (secondary N) is 1. The number of amides is 1. The highest BCUT2D eigenvalue weighted by Crippen LogP contribution is 2.20. The van der Waals surface area contributed by atoms with Crippen molar-refractivity contribution in [3.05, 3.63) is 12.2 Å². The Labute approximate surface area is 539 Å². The predicted molar refractivity (Wildman–Crippen MR) is 380 cm³/mol. The highest BCUT2D eigenvalue weighted by Gasteiger charge is 2.20. The molecular formula is C80H157NO5. The molecule has 0 radical (unpaired) electrons. The van der Waals surface area contributed by atoms with E-state index in [4.69, 9.17) is 4.74 Å². The number of hydrogen-bond donors (Lipinski definition) is 3. The quantitative estimate of drug-likeness (QED) is 0.0320. The molecule has 0 aliphatic carbocycles. The normalized spacial score (nSPS) is 12.5. The van der Waals surface area contributed by atoms with Gasteiger partial charge in [0.05, 0.1) is 25.4 Å². The zero-order valence-corrected chi connectivity index (χ0v) is 58.8. The van der Waals surface area contributed by atoms with Gasteiger partial charge in [0.1, 0.15) is 0 Å². The van der Waals surface area contributed by atoms with Gasteiger partial charge in [-0.2, -0.15) is 0 Å². The van der Waals surface area contributed by atoms with Crippen molar-refractivity contribution in [2.24, 2.45) is 0 Å². The van der Waals surface area contributed by atoms with Crippen molar-refractivity contribution in [2.45, 2.75) is 475 Å². The molecule has 3 N–H and O–H groups in total. The topological polar surface area (TPSA) is 95.9 Å². The van der Waals surface area contributed by atoms with Gasteiger partial charge >= 0.3 is 5.97 Å². The molecule has 0 rings (SSSR count). The van der Waals surface area contributed by atoms with Crippen LogP contribution in [0.25, 0.3) is 0 Å². The zero-order valence-electron chi connectivity index (χ0n) is 58.8. The van der Waals surface area contributed by atoms with Crippen LogP contribution < -0.4 is 5.32 Å². The monoisotopic (exact) mass is 1210 g/mol. The fraction of sp³-hybridized carbons (Fsp3) is 0.950. The molecule has 0 aromatic rings. The van der Waals surface area contributed by atoms with E-state index in [2.05, 4.69) is 31.3 Å². The Kier molecular flexibility index (Phi) is 74.8. The summed E-state index contributed by atoms with van der Waals surface area (Å²) in [5.74, 6) is -0.0114. The van der Waals surface area contributed by atoms with Gasteiger partial charge in [0.2, 0.25) is 5.91 Å². The summed E-state index contributed by atoms with van der Waals surface area (Å²) < 4.78 is 5.50. The molecule has 0 bridgehead atoms. The number of unbranched alkanes of at least 4 members (excludes halogenated alkanes) is 63. The van der Waals surface area contributed by atoms with E-state index in [9.17, 15) is 19.8 Å². The van der Waals surface area contributed by atoms with Crippen LogP contribution in [0.1, 0.15) is 463 Å². The lowest BCUT2D eigenvalue weighted by atomic mass is 10.0. The van der Waals surface area contributed by atoms with Crippen molar-refractivity contribution in [1.82, 2.24) is 5.32 Å². The minimum atomic E-state index is -0.663. The van der Waals surface area contributed by atoms with Crippen LogP contribution in [0.4, 0.5) is 0 Å². The van der Waals surface area contributed by atoms with Crippen LogP contribution in [0.2, 0.25) is 0 Å². The van der Waals surface area contributed by atoms with E-state index >= 15 is 0 Å². The van der Waals surface area contributed by atoms with Crippen LogP contribution >= 0.6 is 0 Å². The van der Waals surface area contributed by atoms with Gasteiger partial charge in [-0.25, -0.2) is 0 Å². The van der Waals surface area contributed by atoms with Crippen LogP contribution in [-0.4, -0.2) is 47.4 Å². The Hall–Kier alpha value is -1.40. The summed E-state index contributed by atoms with van der Waals surface area (Å²) in [4.78, 5) is 24.7. The first-order valence-corrected chi connectivity index (χ1v) is 39.9. The second kappa shape index (κ2) is 76.1. The van der Waals surface area contributed by atoms with Gasteiger partial charge in [-0.15, -0.1) is 0 Å². The molecule has 6 nitrogen and oxygen atoms in total. The number of esters is 1. The van der Waals surface area contributed by atoms with E-state index < -0.39 is 12.1 Å². The van der Waals surface area contributed by atoms with Gasteiger partial charge < -0.3 is 20.3 Å². The van der Waals surface area contributed by atoms with Gasteiger partial charge in [0.15, 0.2) is 0 Å². The lowest BCUT2D eigenvalue weighted by molar-refractivity contribution is -0.143. The van der Waals surface area contributed by atoms with Gasteiger partial charge in [0.25, 0.3) is 0 Å². The fourth-order valence-corrected chi connectivity index (χ4v) is 13.0. The van der Waals surface area contributed by atoms with Crippen LogP contribution in [0, 0.1) is 0 Å². The van der Waals surface area contributed by atoms with Crippen LogP contribution in [0.3, 0.4) is 0 Å². The number of carbonyl (C=O) groups is 2. The molecule has 1 amide bonds. The summed E-state index contributed by atoms with van der Waals surface area (Å²) in [6.45, 7) is 5.00. The van der Waals surface area contributed by atoms with E-state index in [0.717, 1.165) is 44.9 Å². The highest BCUT2D eigenvalue weighted by atomic mass is 16.5. The SMILES string of the molecule is CCCCCCCC/C=C\CCCCCCCC(=O)OCCCCCCCCCCCCCCCCCCCCCCCCCCCCCCCCC(=O)NC(CO)C(O)CCCCCCCCCCCCCCCCCCCCCCCCCC. The number of ether oxygens (including phenoxy) is 1. The molecule has 0 saturated heterocycles. The molecule has 6 heteroatoms. The lowest BCUT2D eigenvalue weighted by Gasteiger charge is -2.22. The summed E-state index contributed by atoms with van der Waals surface area (Å²) >= 11 is 0. The molecule has 0 aliphatic heterocycles. The van der Waals surface area contributed by atoms with Crippen molar-refractivity contribution in [3.63, 3.8) is 0 Å². The maximum atomic E-state index is 12.6. The molecule has 86 heavy (non-hydrogen) atoms. The second-order valence-corrected chi connectivity index (χ2v) is 27.8. The lowest BCUT2D eigenvalue weighted by Crippen LogP contribution is -2.45. The van der Waals surface area contributed by atoms with Gasteiger partial charge in [-0.05, 0) is 51.4 Å². The molecule has 2 unspecified atom stereocenters. The molecule has 0 heterocycles. The number of hydrogen-bond acceptors (Lipinski definition) is 5. The minimum Gasteiger partial charge on any atom is -0.466 e. The maximum Gasteiger partial charge on any atom is 0.305 e. The largest absolute Gasteiger partial charge is 0.466 e. The van der Waals surface area contributed by atoms with E-state index in [-0.39, 0.29) is 18.5 Å². The third-order valence-corrected chi connectivity index (χ3v) is 19.1. The van der Waals surface area contributed by atoms with Crippen molar-refractivity contribution < 1.29 is 24.5 Å². The first kappa shape index (κ1) is 84.6. The Morgan fingerprint density at radius 2 is 0.547 bits per heavy atom. The standard InChI is InChI=1S/C80H157NO5/c1-3-5-7-9-11-13-15-17-19-20-21-22-23-32-35-38-41-45-48-52-56-60-64-68-72-78(83)77(76-82)81-79(84)73-69-65-61-57-53-49-46-42-39-36-33-30-28-26-24-25-27-29-31-34-37-40-43-47-51-55-59-63-67-71-75-86-80(85)74-70-66-62-58-54-50-44-18-16-14-12-10-8-6-4-2/h18,44,77-78,82-83H,3-17,19-43,45-76H2,1-2H3,(H,81,84)/b44-18-. The maximum absolute atomic E-state index is 12.6. The van der Waals surface area contributed by atoms with Crippen LogP contribution in [-0.2, 0) is 14.3 Å². The average Bonchev–Trinajstić information content (AvgIpc) is 3.54. The van der Waals surface area contributed by atoms with Gasteiger partial charge in [0, 0.05) is 12.8 Å². The Balaban J connectivity index is 3.33. The first-order chi connectivity index (χ1) is 42.5. The summed E-state index contributed by atoms with van der Waals surface area (Å²) in [7, 11) is 0. The number of aliphatic hydroxyl groups is 2. The molecule has 0 aliphatic rings. The number of allylic oxidation sites excluding steroid dienone is 2. The summed E-state index contributed by atoms with van der Waals surface area (Å²) in [6, 6.07) is -0.539. The van der Waals surface area contributed by atoms with E-state index in [1.54, 1.807) is 0 Å². The predicted octanol–water partition coefficient (Wildman–Crippen LogP) is 26.3. The Morgan fingerprint density at radius 1 is 0.314 bits per heavy atom. The molecule has 0 saturated carbocycles. The van der Waals surface area contributed by atoms with Crippen LogP contribution in [0.5, 0.6) is 0 Å². The molecular weight excluding hydrogens is 1050 g/mol. The summed E-state index contributed by atoms with van der Waals surface area (Å²) in [5, 5.41) is 23.5. The third kappa shape index (κ3) is 71.7. The zero-order chi connectivity index (χ0) is 62.0. The van der Waals surface area contributed by atoms with Crippen LogP contribution in [0.15, 0.2) is 12.2 Å². The third-order valence-electron chi connectivity index (χ3n) is 19.1. The number of rotatable bonds is 76. The molecule has 512 valence electrons.